The molecule has 2 fully saturated rings. The van der Waals surface area contributed by atoms with E-state index in [0.29, 0.717) is 0 Å². The van der Waals surface area contributed by atoms with Gasteiger partial charge in [0.2, 0.25) is 0 Å². The third-order valence-corrected chi connectivity index (χ3v) is 3.37. The van der Waals surface area contributed by atoms with E-state index in [1.54, 1.807) is 0 Å². The van der Waals surface area contributed by atoms with Crippen LogP contribution >= 0.6 is 0 Å². The molecule has 1 N–H and O–H groups in total. The summed E-state index contributed by atoms with van der Waals surface area (Å²) >= 11 is 0. The summed E-state index contributed by atoms with van der Waals surface area (Å²) in [5.74, 6) is 0. The summed E-state index contributed by atoms with van der Waals surface area (Å²) < 4.78 is 0. The van der Waals surface area contributed by atoms with E-state index in [1.807, 2.05) is 0 Å². The molecule has 2 saturated carbocycles. The SMILES string of the molecule is CNC1CCC12CCC2. The van der Waals surface area contributed by atoms with Crippen molar-refractivity contribution in [2.75, 3.05) is 7.05 Å². The fraction of sp³-hybridized carbons (Fsp3) is 1.00. The van der Waals surface area contributed by atoms with Crippen LogP contribution in [0.15, 0.2) is 0 Å². The van der Waals surface area contributed by atoms with E-state index >= 15 is 0 Å². The van der Waals surface area contributed by atoms with Crippen molar-refractivity contribution in [1.29, 1.82) is 0 Å². The summed E-state index contributed by atoms with van der Waals surface area (Å²) in [7, 11) is 2.10. The minimum absolute atomic E-state index is 0.800. The third-order valence-electron chi connectivity index (χ3n) is 3.37. The Balaban J connectivity index is 1.97. The molecular weight excluding hydrogens is 110 g/mol. The molecule has 0 radical (unpaired) electrons. The highest BCUT2D eigenvalue weighted by Gasteiger charge is 2.49. The standard InChI is InChI=1S/C8H15N/c1-9-7-3-6-8(7)4-2-5-8/h7,9H,2-6H2,1H3. The van der Waals surface area contributed by atoms with Crippen LogP contribution in [-0.4, -0.2) is 13.1 Å². The summed E-state index contributed by atoms with van der Waals surface area (Å²) in [6, 6.07) is 0.881. The van der Waals surface area contributed by atoms with Crippen molar-refractivity contribution >= 4 is 0 Å². The van der Waals surface area contributed by atoms with Gasteiger partial charge >= 0.3 is 0 Å². The minimum Gasteiger partial charge on any atom is -0.316 e. The van der Waals surface area contributed by atoms with Gasteiger partial charge in [0.1, 0.15) is 0 Å². The monoisotopic (exact) mass is 125 g/mol. The van der Waals surface area contributed by atoms with Crippen LogP contribution in [0.1, 0.15) is 32.1 Å². The van der Waals surface area contributed by atoms with Gasteiger partial charge < -0.3 is 5.32 Å². The summed E-state index contributed by atoms with van der Waals surface area (Å²) in [6.07, 6.45) is 7.41. The molecule has 0 amide bonds. The van der Waals surface area contributed by atoms with Gasteiger partial charge in [0.25, 0.3) is 0 Å². The lowest BCUT2D eigenvalue weighted by Crippen LogP contribution is -2.55. The van der Waals surface area contributed by atoms with Crippen LogP contribution < -0.4 is 5.32 Å². The maximum absolute atomic E-state index is 3.39. The normalized spacial score (nSPS) is 37.7. The molecule has 1 atom stereocenters. The fourth-order valence-electron chi connectivity index (χ4n) is 2.38. The van der Waals surface area contributed by atoms with Crippen molar-refractivity contribution in [1.82, 2.24) is 5.32 Å². The zero-order valence-electron chi connectivity index (χ0n) is 6.11. The van der Waals surface area contributed by atoms with E-state index in [0.717, 1.165) is 11.5 Å². The topological polar surface area (TPSA) is 12.0 Å². The molecule has 0 aromatic carbocycles. The van der Waals surface area contributed by atoms with Gasteiger partial charge in [-0.05, 0) is 38.1 Å². The first-order valence-corrected chi connectivity index (χ1v) is 4.05. The van der Waals surface area contributed by atoms with Crippen LogP contribution in [0.3, 0.4) is 0 Å². The second-order valence-corrected chi connectivity index (χ2v) is 3.60. The van der Waals surface area contributed by atoms with Gasteiger partial charge in [-0.1, -0.05) is 6.42 Å². The first-order valence-electron chi connectivity index (χ1n) is 4.05. The van der Waals surface area contributed by atoms with Crippen molar-refractivity contribution < 1.29 is 0 Å². The van der Waals surface area contributed by atoms with Crippen LogP contribution in [-0.2, 0) is 0 Å². The molecule has 2 aliphatic carbocycles. The van der Waals surface area contributed by atoms with Crippen molar-refractivity contribution in [3.8, 4) is 0 Å². The van der Waals surface area contributed by atoms with E-state index in [2.05, 4.69) is 12.4 Å². The van der Waals surface area contributed by atoms with Crippen LogP contribution in [0, 0.1) is 5.41 Å². The van der Waals surface area contributed by atoms with Gasteiger partial charge in [0.15, 0.2) is 0 Å². The maximum atomic E-state index is 3.39. The fourth-order valence-corrected chi connectivity index (χ4v) is 2.38. The zero-order chi connectivity index (χ0) is 6.32. The molecule has 1 unspecified atom stereocenters. The minimum atomic E-state index is 0.800. The Morgan fingerprint density at radius 2 is 2.11 bits per heavy atom. The lowest BCUT2D eigenvalue weighted by molar-refractivity contribution is -0.0135. The van der Waals surface area contributed by atoms with Crippen LogP contribution in [0.25, 0.3) is 0 Å². The lowest BCUT2D eigenvalue weighted by Gasteiger charge is -2.56. The highest BCUT2D eigenvalue weighted by Crippen LogP contribution is 2.55. The van der Waals surface area contributed by atoms with Crippen molar-refractivity contribution in [3.05, 3.63) is 0 Å². The molecule has 2 aliphatic rings. The van der Waals surface area contributed by atoms with Crippen molar-refractivity contribution in [3.63, 3.8) is 0 Å². The molecule has 1 spiro atoms. The average Bonchev–Trinajstić information content (AvgIpc) is 1.59. The Morgan fingerprint density at radius 3 is 2.22 bits per heavy atom. The molecule has 0 saturated heterocycles. The van der Waals surface area contributed by atoms with Gasteiger partial charge in [-0.3, -0.25) is 0 Å². The Bertz CT molecular complexity index is 108. The molecule has 1 nitrogen and oxygen atoms in total. The molecule has 52 valence electrons. The molecule has 0 aliphatic heterocycles. The molecule has 0 aromatic rings. The largest absolute Gasteiger partial charge is 0.316 e. The predicted octanol–water partition coefficient (Wildman–Crippen LogP) is 1.54. The van der Waals surface area contributed by atoms with Crippen molar-refractivity contribution in [2.24, 2.45) is 5.41 Å². The Morgan fingerprint density at radius 1 is 1.33 bits per heavy atom. The van der Waals surface area contributed by atoms with E-state index in [4.69, 9.17) is 0 Å². The average molecular weight is 125 g/mol. The van der Waals surface area contributed by atoms with E-state index in [1.165, 1.54) is 32.1 Å². The Kier molecular flexibility index (Phi) is 1.10. The third kappa shape index (κ3) is 0.586. The Labute approximate surface area is 56.8 Å². The quantitative estimate of drug-likeness (QED) is 0.560. The predicted molar refractivity (Wildman–Crippen MR) is 38.4 cm³/mol. The van der Waals surface area contributed by atoms with Crippen LogP contribution in [0.4, 0.5) is 0 Å². The second kappa shape index (κ2) is 1.72. The number of hydrogen-bond acceptors (Lipinski definition) is 1. The number of rotatable bonds is 1. The molecule has 0 bridgehead atoms. The number of nitrogens with one attached hydrogen (secondary N) is 1. The molecule has 2 rings (SSSR count). The molecular formula is C8H15N. The number of hydrogen-bond donors (Lipinski definition) is 1. The highest BCUT2D eigenvalue weighted by molar-refractivity contribution is 5.04. The summed E-state index contributed by atoms with van der Waals surface area (Å²) in [6.45, 7) is 0. The summed E-state index contributed by atoms with van der Waals surface area (Å²) in [5.41, 5.74) is 0.800. The van der Waals surface area contributed by atoms with Gasteiger partial charge in [-0.15, -0.1) is 0 Å². The zero-order valence-corrected chi connectivity index (χ0v) is 6.11. The molecule has 1 heteroatoms. The first kappa shape index (κ1) is 5.72. The first-order chi connectivity index (χ1) is 4.37. The second-order valence-electron chi connectivity index (χ2n) is 3.60. The van der Waals surface area contributed by atoms with Gasteiger partial charge in [-0.25, -0.2) is 0 Å². The summed E-state index contributed by atoms with van der Waals surface area (Å²) in [5, 5.41) is 3.39. The van der Waals surface area contributed by atoms with Gasteiger partial charge in [0, 0.05) is 6.04 Å². The van der Waals surface area contributed by atoms with Gasteiger partial charge in [0.05, 0.1) is 0 Å². The Hall–Kier alpha value is -0.0400. The van der Waals surface area contributed by atoms with E-state index < -0.39 is 0 Å². The molecule has 0 aromatic heterocycles. The highest BCUT2D eigenvalue weighted by atomic mass is 14.9. The van der Waals surface area contributed by atoms with Crippen molar-refractivity contribution in [2.45, 2.75) is 38.1 Å². The maximum Gasteiger partial charge on any atom is 0.0121 e. The van der Waals surface area contributed by atoms with E-state index in [-0.39, 0.29) is 0 Å². The smallest absolute Gasteiger partial charge is 0.0121 e. The van der Waals surface area contributed by atoms with Gasteiger partial charge in [-0.2, -0.15) is 0 Å². The van der Waals surface area contributed by atoms with Crippen LogP contribution in [0.2, 0.25) is 0 Å². The van der Waals surface area contributed by atoms with E-state index in [9.17, 15) is 0 Å². The molecule has 9 heavy (non-hydrogen) atoms. The summed E-state index contributed by atoms with van der Waals surface area (Å²) in [4.78, 5) is 0. The molecule has 0 heterocycles. The van der Waals surface area contributed by atoms with Crippen LogP contribution in [0.5, 0.6) is 0 Å². The lowest BCUT2D eigenvalue weighted by atomic mass is 9.53.